The summed E-state index contributed by atoms with van der Waals surface area (Å²) in [5.41, 5.74) is 3.11. The van der Waals surface area contributed by atoms with Crippen LogP contribution in [0.15, 0.2) is 40.6 Å². The number of aromatic nitrogens is 1. The maximum Gasteiger partial charge on any atom is 0.262 e. The summed E-state index contributed by atoms with van der Waals surface area (Å²) in [5, 5.41) is 2.67. The highest BCUT2D eigenvalue weighted by Gasteiger charge is 2.26. The van der Waals surface area contributed by atoms with E-state index in [9.17, 15) is 9.59 Å². The van der Waals surface area contributed by atoms with E-state index < -0.39 is 0 Å². The molecule has 0 saturated carbocycles. The highest BCUT2D eigenvalue weighted by Crippen LogP contribution is 2.29. The summed E-state index contributed by atoms with van der Waals surface area (Å²) < 4.78 is 10.7. The molecule has 1 N–H and O–H groups in total. The Morgan fingerprint density at radius 2 is 2.28 bits per heavy atom. The molecule has 2 aliphatic rings. The van der Waals surface area contributed by atoms with Gasteiger partial charge in [-0.15, -0.1) is 0 Å². The average Bonchev–Trinajstić information content (AvgIpc) is 3.15. The fourth-order valence-corrected chi connectivity index (χ4v) is 3.05. The minimum absolute atomic E-state index is 0.0595. The smallest absolute Gasteiger partial charge is 0.262 e. The molecular formula is C18H17N3O4. The zero-order chi connectivity index (χ0) is 17.4. The highest BCUT2D eigenvalue weighted by atomic mass is 16.5. The van der Waals surface area contributed by atoms with Crippen molar-refractivity contribution in [3.8, 4) is 5.88 Å². The highest BCUT2D eigenvalue weighted by molar-refractivity contribution is 5.99. The van der Waals surface area contributed by atoms with Crippen LogP contribution in [0.4, 0.5) is 5.69 Å². The first-order valence-corrected chi connectivity index (χ1v) is 8.06. The fourth-order valence-electron chi connectivity index (χ4n) is 3.05. The molecule has 0 unspecified atom stereocenters. The number of anilines is 1. The molecule has 0 spiro atoms. The molecule has 0 fully saturated rings. The van der Waals surface area contributed by atoms with E-state index in [-0.39, 0.29) is 18.4 Å². The van der Waals surface area contributed by atoms with E-state index in [4.69, 9.17) is 9.15 Å². The van der Waals surface area contributed by atoms with E-state index in [1.54, 1.807) is 17.2 Å². The van der Waals surface area contributed by atoms with Crippen LogP contribution in [0.1, 0.15) is 29.5 Å². The van der Waals surface area contributed by atoms with Crippen LogP contribution >= 0.6 is 0 Å². The number of nitrogens with one attached hydrogen (secondary N) is 1. The average molecular weight is 339 g/mol. The Hall–Kier alpha value is -3.09. The Balaban J connectivity index is 1.58. The summed E-state index contributed by atoms with van der Waals surface area (Å²) in [7, 11) is 0. The maximum absolute atomic E-state index is 12.9. The van der Waals surface area contributed by atoms with Gasteiger partial charge in [0.25, 0.3) is 11.8 Å². The molecule has 0 saturated heterocycles. The molecule has 2 aliphatic heterocycles. The molecule has 0 aliphatic carbocycles. The van der Waals surface area contributed by atoms with Crippen molar-refractivity contribution in [1.82, 2.24) is 9.88 Å². The summed E-state index contributed by atoms with van der Waals surface area (Å²) in [4.78, 5) is 30.2. The first kappa shape index (κ1) is 15.4. The van der Waals surface area contributed by atoms with Crippen LogP contribution in [0, 0.1) is 0 Å². The number of pyridine rings is 1. The molecule has 2 aromatic heterocycles. The van der Waals surface area contributed by atoms with Crippen LogP contribution < -0.4 is 10.1 Å². The molecule has 2 amide bonds. The van der Waals surface area contributed by atoms with E-state index in [1.807, 2.05) is 12.1 Å². The molecule has 0 bridgehead atoms. The number of hydrogen-bond acceptors (Lipinski definition) is 5. The lowest BCUT2D eigenvalue weighted by Crippen LogP contribution is -2.36. The van der Waals surface area contributed by atoms with E-state index in [0.717, 1.165) is 17.8 Å². The van der Waals surface area contributed by atoms with Crippen molar-refractivity contribution in [2.45, 2.75) is 13.3 Å². The van der Waals surface area contributed by atoms with Gasteiger partial charge < -0.3 is 19.4 Å². The second-order valence-corrected chi connectivity index (χ2v) is 6.13. The second kappa shape index (κ2) is 6.08. The van der Waals surface area contributed by atoms with Crippen molar-refractivity contribution in [2.75, 3.05) is 25.0 Å². The van der Waals surface area contributed by atoms with E-state index in [2.05, 4.69) is 17.2 Å². The van der Waals surface area contributed by atoms with E-state index in [1.165, 1.54) is 11.8 Å². The maximum atomic E-state index is 12.9. The van der Waals surface area contributed by atoms with Crippen molar-refractivity contribution < 1.29 is 18.7 Å². The molecule has 0 aromatic carbocycles. The van der Waals surface area contributed by atoms with Crippen molar-refractivity contribution in [2.24, 2.45) is 0 Å². The molecule has 2 aromatic rings. The van der Waals surface area contributed by atoms with Gasteiger partial charge in [-0.2, -0.15) is 0 Å². The minimum Gasteiger partial charge on any atom is -0.466 e. The van der Waals surface area contributed by atoms with Gasteiger partial charge >= 0.3 is 0 Å². The minimum atomic E-state index is -0.254. The first-order valence-electron chi connectivity index (χ1n) is 8.06. The zero-order valence-corrected chi connectivity index (χ0v) is 13.7. The predicted octanol–water partition coefficient (Wildman–Crippen LogP) is 2.33. The van der Waals surface area contributed by atoms with E-state index >= 15 is 0 Å². The van der Waals surface area contributed by atoms with Gasteiger partial charge in [-0.1, -0.05) is 5.57 Å². The molecule has 0 atom stereocenters. The first-order chi connectivity index (χ1) is 12.1. The standard InChI is InChI=1S/C18H17N3O4/c1-11-4-5-21(9-13(11)15-3-2-6-24-15)18(23)12-7-14-17(19-8-12)25-10-16(22)20-14/h2-3,6-8H,4-5,9-10H2,1H3,(H,20,22). The molecule has 7 nitrogen and oxygen atoms in total. The summed E-state index contributed by atoms with van der Waals surface area (Å²) in [6.07, 6.45) is 3.91. The van der Waals surface area contributed by atoms with Crippen molar-refractivity contribution in [3.05, 3.63) is 47.6 Å². The number of carbonyl (C=O) groups excluding carboxylic acids is 2. The molecule has 128 valence electrons. The molecular weight excluding hydrogens is 322 g/mol. The number of carbonyl (C=O) groups is 2. The monoisotopic (exact) mass is 339 g/mol. The van der Waals surface area contributed by atoms with Gasteiger partial charge in [0, 0.05) is 24.9 Å². The molecule has 4 heterocycles. The Labute approximate surface area is 144 Å². The third-order valence-electron chi connectivity index (χ3n) is 4.44. The third kappa shape index (κ3) is 2.88. The van der Waals surface area contributed by atoms with Gasteiger partial charge in [-0.05, 0) is 31.5 Å². The van der Waals surface area contributed by atoms with Crippen LogP contribution in [-0.2, 0) is 4.79 Å². The zero-order valence-electron chi connectivity index (χ0n) is 13.7. The van der Waals surface area contributed by atoms with Crippen molar-refractivity contribution in [1.29, 1.82) is 0 Å². The van der Waals surface area contributed by atoms with Crippen molar-refractivity contribution in [3.63, 3.8) is 0 Å². The summed E-state index contributed by atoms with van der Waals surface area (Å²) in [5.74, 6) is 0.739. The van der Waals surface area contributed by atoms with Gasteiger partial charge in [0.05, 0.1) is 11.8 Å². The number of ether oxygens (including phenoxy) is 1. The summed E-state index contributed by atoms with van der Waals surface area (Å²) in [6.45, 7) is 3.12. The Morgan fingerprint density at radius 3 is 3.08 bits per heavy atom. The van der Waals surface area contributed by atoms with Crippen molar-refractivity contribution >= 4 is 23.1 Å². The number of amides is 2. The van der Waals surface area contributed by atoms with Gasteiger partial charge in [0.2, 0.25) is 5.88 Å². The molecule has 4 rings (SSSR count). The summed E-state index contributed by atoms with van der Waals surface area (Å²) in [6, 6.07) is 5.35. The normalized spacial score (nSPS) is 17.0. The molecule has 0 radical (unpaired) electrons. The number of rotatable bonds is 2. The predicted molar refractivity (Wildman–Crippen MR) is 90.2 cm³/mol. The van der Waals surface area contributed by atoms with E-state index in [0.29, 0.717) is 30.2 Å². The molecule has 25 heavy (non-hydrogen) atoms. The summed E-state index contributed by atoms with van der Waals surface area (Å²) >= 11 is 0. The van der Waals surface area contributed by atoms with Crippen LogP contribution in [0.5, 0.6) is 5.88 Å². The SMILES string of the molecule is CC1=C(c2ccco2)CN(C(=O)c2cnc3c(c2)NC(=O)CO3)CC1. The lowest BCUT2D eigenvalue weighted by Gasteiger charge is -2.29. The van der Waals surface area contributed by atoms with Gasteiger partial charge in [-0.3, -0.25) is 9.59 Å². The van der Waals surface area contributed by atoms with Gasteiger partial charge in [-0.25, -0.2) is 4.98 Å². The van der Waals surface area contributed by atoms with Crippen LogP contribution in [0.3, 0.4) is 0 Å². The lowest BCUT2D eigenvalue weighted by atomic mass is 9.99. The second-order valence-electron chi connectivity index (χ2n) is 6.13. The van der Waals surface area contributed by atoms with Crippen LogP contribution in [0.25, 0.3) is 5.57 Å². The molecule has 7 heteroatoms. The Kier molecular flexibility index (Phi) is 3.76. The van der Waals surface area contributed by atoms with Gasteiger partial charge in [0.1, 0.15) is 11.4 Å². The number of nitrogens with zero attached hydrogens (tertiary/aromatic N) is 2. The lowest BCUT2D eigenvalue weighted by molar-refractivity contribution is -0.118. The Bertz CT molecular complexity index is 870. The quantitative estimate of drug-likeness (QED) is 0.908. The van der Waals surface area contributed by atoms with Crippen LogP contribution in [0.2, 0.25) is 0 Å². The Morgan fingerprint density at radius 1 is 1.40 bits per heavy atom. The van der Waals surface area contributed by atoms with Gasteiger partial charge in [0.15, 0.2) is 6.61 Å². The number of hydrogen-bond donors (Lipinski definition) is 1. The fraction of sp³-hybridized carbons (Fsp3) is 0.278. The largest absolute Gasteiger partial charge is 0.466 e. The van der Waals surface area contributed by atoms with Crippen LogP contribution in [-0.4, -0.2) is 41.4 Å². The number of fused-ring (bicyclic) bond motifs is 1. The number of furan rings is 1. The topological polar surface area (TPSA) is 84.7 Å². The third-order valence-corrected chi connectivity index (χ3v) is 4.44.